The standard InChI is InChI=1S/C13H21N3O2/c1-3-10(8-14)7-12(17)15-11-5-6-13(18)16(4-2)9-11/h5-6,9-10H,3-4,7-8,14H2,1-2H3,(H,15,17). The molecule has 1 rings (SSSR count). The van der Waals surface area contributed by atoms with E-state index in [4.69, 9.17) is 5.73 Å². The number of carbonyl (C=O) groups is 1. The van der Waals surface area contributed by atoms with Crippen molar-refractivity contribution in [3.63, 3.8) is 0 Å². The van der Waals surface area contributed by atoms with E-state index in [0.29, 0.717) is 25.2 Å². The van der Waals surface area contributed by atoms with Crippen molar-refractivity contribution in [1.82, 2.24) is 4.57 Å². The number of nitrogens with one attached hydrogen (secondary N) is 1. The first kappa shape index (κ1) is 14.4. The number of pyridine rings is 1. The van der Waals surface area contributed by atoms with E-state index in [9.17, 15) is 9.59 Å². The fourth-order valence-corrected chi connectivity index (χ4v) is 1.72. The van der Waals surface area contributed by atoms with Gasteiger partial charge >= 0.3 is 0 Å². The van der Waals surface area contributed by atoms with Crippen LogP contribution in [-0.4, -0.2) is 17.0 Å². The van der Waals surface area contributed by atoms with Gasteiger partial charge in [-0.1, -0.05) is 13.3 Å². The van der Waals surface area contributed by atoms with Crippen LogP contribution < -0.4 is 16.6 Å². The van der Waals surface area contributed by atoms with E-state index in [-0.39, 0.29) is 17.4 Å². The second-order valence-electron chi connectivity index (χ2n) is 4.30. The minimum Gasteiger partial charge on any atom is -0.330 e. The van der Waals surface area contributed by atoms with Crippen LogP contribution in [0.25, 0.3) is 0 Å². The molecule has 0 aromatic carbocycles. The van der Waals surface area contributed by atoms with E-state index in [1.54, 1.807) is 16.8 Å². The highest BCUT2D eigenvalue weighted by Crippen LogP contribution is 2.09. The summed E-state index contributed by atoms with van der Waals surface area (Å²) in [4.78, 5) is 23.2. The van der Waals surface area contributed by atoms with E-state index in [1.807, 2.05) is 13.8 Å². The normalized spacial score (nSPS) is 12.2. The Morgan fingerprint density at radius 3 is 2.72 bits per heavy atom. The molecule has 1 amide bonds. The SMILES string of the molecule is CCC(CN)CC(=O)Nc1ccc(=O)n(CC)c1. The summed E-state index contributed by atoms with van der Waals surface area (Å²) in [5, 5.41) is 2.79. The van der Waals surface area contributed by atoms with E-state index >= 15 is 0 Å². The third kappa shape index (κ3) is 4.00. The maximum atomic E-state index is 11.8. The van der Waals surface area contributed by atoms with Gasteiger partial charge in [0.1, 0.15) is 0 Å². The molecule has 0 bridgehead atoms. The second-order valence-corrected chi connectivity index (χ2v) is 4.30. The van der Waals surface area contributed by atoms with Crippen LogP contribution in [-0.2, 0) is 11.3 Å². The van der Waals surface area contributed by atoms with E-state index in [2.05, 4.69) is 5.32 Å². The molecular formula is C13H21N3O2. The van der Waals surface area contributed by atoms with Gasteiger partial charge in [0, 0.05) is 25.2 Å². The number of nitrogens with zero attached hydrogens (tertiary/aromatic N) is 1. The van der Waals surface area contributed by atoms with Crippen LogP contribution in [0, 0.1) is 5.92 Å². The molecule has 0 saturated heterocycles. The van der Waals surface area contributed by atoms with Crippen LogP contribution in [0.5, 0.6) is 0 Å². The molecule has 18 heavy (non-hydrogen) atoms. The summed E-state index contributed by atoms with van der Waals surface area (Å²) < 4.78 is 1.55. The zero-order valence-corrected chi connectivity index (χ0v) is 11.0. The molecule has 1 aromatic rings. The quantitative estimate of drug-likeness (QED) is 0.797. The second kappa shape index (κ2) is 6.96. The fraction of sp³-hybridized carbons (Fsp3) is 0.538. The number of anilines is 1. The van der Waals surface area contributed by atoms with Crippen LogP contribution in [0.3, 0.4) is 0 Å². The zero-order valence-electron chi connectivity index (χ0n) is 11.0. The first-order valence-electron chi connectivity index (χ1n) is 6.31. The highest BCUT2D eigenvalue weighted by atomic mass is 16.1. The van der Waals surface area contributed by atoms with E-state index in [0.717, 1.165) is 6.42 Å². The van der Waals surface area contributed by atoms with Gasteiger partial charge in [0.15, 0.2) is 0 Å². The molecular weight excluding hydrogens is 230 g/mol. The predicted molar refractivity (Wildman–Crippen MR) is 72.5 cm³/mol. The van der Waals surface area contributed by atoms with Gasteiger partial charge in [-0.05, 0) is 25.5 Å². The topological polar surface area (TPSA) is 77.1 Å². The maximum Gasteiger partial charge on any atom is 0.250 e. The van der Waals surface area contributed by atoms with Crippen LogP contribution in [0.4, 0.5) is 5.69 Å². The maximum absolute atomic E-state index is 11.8. The Bertz CT molecular complexity index is 450. The Hall–Kier alpha value is -1.62. The number of carbonyl (C=O) groups excluding carboxylic acids is 1. The molecule has 0 spiro atoms. The molecule has 5 heteroatoms. The summed E-state index contributed by atoms with van der Waals surface area (Å²) in [5.74, 6) is 0.149. The van der Waals surface area contributed by atoms with Gasteiger partial charge in [-0.25, -0.2) is 0 Å². The molecule has 0 fully saturated rings. The number of rotatable bonds is 6. The highest BCUT2D eigenvalue weighted by molar-refractivity contribution is 5.90. The first-order valence-corrected chi connectivity index (χ1v) is 6.31. The molecule has 100 valence electrons. The van der Waals surface area contributed by atoms with Crippen LogP contribution in [0.2, 0.25) is 0 Å². The number of amides is 1. The monoisotopic (exact) mass is 251 g/mol. The minimum atomic E-state index is -0.0658. The van der Waals surface area contributed by atoms with Crippen molar-refractivity contribution in [1.29, 1.82) is 0 Å². The smallest absolute Gasteiger partial charge is 0.250 e. The Kier molecular flexibility index (Phi) is 5.58. The average molecular weight is 251 g/mol. The van der Waals surface area contributed by atoms with Crippen molar-refractivity contribution in [2.75, 3.05) is 11.9 Å². The molecule has 0 aliphatic heterocycles. The third-order valence-corrected chi connectivity index (χ3v) is 2.99. The largest absolute Gasteiger partial charge is 0.330 e. The molecule has 0 aliphatic rings. The summed E-state index contributed by atoms with van der Waals surface area (Å²) in [5.41, 5.74) is 6.15. The van der Waals surface area contributed by atoms with Crippen molar-refractivity contribution >= 4 is 11.6 Å². The molecule has 1 atom stereocenters. The average Bonchev–Trinajstić information content (AvgIpc) is 2.38. The summed E-state index contributed by atoms with van der Waals surface area (Å²) in [6.07, 6.45) is 2.96. The summed E-state index contributed by atoms with van der Waals surface area (Å²) in [6, 6.07) is 3.08. The molecule has 0 saturated carbocycles. The number of hydrogen-bond acceptors (Lipinski definition) is 3. The Morgan fingerprint density at radius 2 is 2.17 bits per heavy atom. The molecule has 1 aromatic heterocycles. The number of aromatic nitrogens is 1. The van der Waals surface area contributed by atoms with Crippen molar-refractivity contribution < 1.29 is 4.79 Å². The Balaban J connectivity index is 2.67. The van der Waals surface area contributed by atoms with Crippen molar-refractivity contribution in [2.45, 2.75) is 33.2 Å². The highest BCUT2D eigenvalue weighted by Gasteiger charge is 2.10. The summed E-state index contributed by atoms with van der Waals surface area (Å²) >= 11 is 0. The third-order valence-electron chi connectivity index (χ3n) is 2.99. The lowest BCUT2D eigenvalue weighted by Crippen LogP contribution is -2.23. The molecule has 5 nitrogen and oxygen atoms in total. The van der Waals surface area contributed by atoms with Gasteiger partial charge in [0.25, 0.3) is 5.56 Å². The predicted octanol–water partition coefficient (Wildman–Crippen LogP) is 1.18. The number of hydrogen-bond donors (Lipinski definition) is 2. The van der Waals surface area contributed by atoms with Crippen molar-refractivity contribution in [2.24, 2.45) is 11.7 Å². The number of nitrogens with two attached hydrogens (primary N) is 1. The van der Waals surface area contributed by atoms with E-state index < -0.39 is 0 Å². The van der Waals surface area contributed by atoms with Crippen LogP contribution in [0.1, 0.15) is 26.7 Å². The molecule has 3 N–H and O–H groups in total. The minimum absolute atomic E-state index is 0.0615. The first-order chi connectivity index (χ1) is 8.60. The molecule has 1 heterocycles. The lowest BCUT2D eigenvalue weighted by Gasteiger charge is -2.12. The molecule has 1 unspecified atom stereocenters. The van der Waals surface area contributed by atoms with Gasteiger partial charge in [0.2, 0.25) is 5.91 Å². The Morgan fingerprint density at radius 1 is 1.44 bits per heavy atom. The van der Waals surface area contributed by atoms with E-state index in [1.165, 1.54) is 6.07 Å². The summed E-state index contributed by atoms with van der Waals surface area (Å²) in [7, 11) is 0. The van der Waals surface area contributed by atoms with Crippen LogP contribution in [0.15, 0.2) is 23.1 Å². The molecule has 0 aliphatic carbocycles. The Labute approximate surface area is 107 Å². The molecule has 0 radical (unpaired) electrons. The van der Waals surface area contributed by atoms with Gasteiger partial charge in [-0.15, -0.1) is 0 Å². The van der Waals surface area contributed by atoms with Gasteiger partial charge in [0.05, 0.1) is 5.69 Å². The summed E-state index contributed by atoms with van der Waals surface area (Å²) in [6.45, 7) is 5.00. The van der Waals surface area contributed by atoms with Crippen LogP contribution >= 0.6 is 0 Å². The van der Waals surface area contributed by atoms with Gasteiger partial charge < -0.3 is 15.6 Å². The zero-order chi connectivity index (χ0) is 13.5. The fourth-order valence-electron chi connectivity index (χ4n) is 1.72. The van der Waals surface area contributed by atoms with Crippen molar-refractivity contribution in [3.8, 4) is 0 Å². The van der Waals surface area contributed by atoms with Gasteiger partial charge in [-0.3, -0.25) is 9.59 Å². The lowest BCUT2D eigenvalue weighted by molar-refractivity contribution is -0.117. The lowest BCUT2D eigenvalue weighted by atomic mass is 10.0. The van der Waals surface area contributed by atoms with Gasteiger partial charge in [-0.2, -0.15) is 0 Å². The number of aryl methyl sites for hydroxylation is 1. The van der Waals surface area contributed by atoms with Crippen molar-refractivity contribution in [3.05, 3.63) is 28.7 Å².